The molecule has 0 aliphatic heterocycles. The number of anilines is 1. The zero-order valence-electron chi connectivity index (χ0n) is 14.8. The molecule has 0 saturated heterocycles. The van der Waals surface area contributed by atoms with E-state index >= 15 is 0 Å². The summed E-state index contributed by atoms with van der Waals surface area (Å²) in [6.07, 6.45) is 0. The van der Waals surface area contributed by atoms with E-state index in [1.54, 1.807) is 50.4 Å². The van der Waals surface area contributed by atoms with Gasteiger partial charge in [0.15, 0.2) is 6.61 Å². The second-order valence-corrected chi connectivity index (χ2v) is 6.73. The van der Waals surface area contributed by atoms with Crippen molar-refractivity contribution in [2.24, 2.45) is 0 Å². The van der Waals surface area contributed by atoms with Gasteiger partial charge in [0.25, 0.3) is 5.91 Å². The first-order chi connectivity index (χ1) is 13.0. The minimum Gasteiger partial charge on any atom is -0.497 e. The van der Waals surface area contributed by atoms with Crippen molar-refractivity contribution in [1.82, 2.24) is 4.98 Å². The van der Waals surface area contributed by atoms with Crippen LogP contribution in [-0.2, 0) is 9.53 Å². The molecule has 0 bridgehead atoms. The van der Waals surface area contributed by atoms with Crippen molar-refractivity contribution < 1.29 is 19.1 Å². The van der Waals surface area contributed by atoms with Gasteiger partial charge in [0.2, 0.25) is 0 Å². The summed E-state index contributed by atoms with van der Waals surface area (Å²) in [5, 5.41) is 3.43. The summed E-state index contributed by atoms with van der Waals surface area (Å²) >= 11 is 3.33. The molecule has 1 heterocycles. The van der Waals surface area contributed by atoms with Crippen LogP contribution >= 0.6 is 15.9 Å². The molecule has 2 aromatic carbocycles. The van der Waals surface area contributed by atoms with Crippen LogP contribution in [0.25, 0.3) is 10.9 Å². The van der Waals surface area contributed by atoms with Crippen molar-refractivity contribution in [1.29, 1.82) is 0 Å². The Balaban J connectivity index is 1.70. The lowest BCUT2D eigenvalue weighted by Crippen LogP contribution is -2.21. The van der Waals surface area contributed by atoms with E-state index in [-0.39, 0.29) is 6.61 Å². The number of ether oxygens (including phenoxy) is 2. The molecule has 3 rings (SSSR count). The maximum absolute atomic E-state index is 12.4. The number of methoxy groups -OCH3 is 1. The van der Waals surface area contributed by atoms with Gasteiger partial charge in [-0.15, -0.1) is 0 Å². The molecular weight excluding hydrogens is 412 g/mol. The number of rotatable bonds is 5. The first-order valence-electron chi connectivity index (χ1n) is 8.14. The van der Waals surface area contributed by atoms with E-state index in [9.17, 15) is 9.59 Å². The van der Waals surface area contributed by atoms with Gasteiger partial charge in [-0.05, 0) is 49.4 Å². The van der Waals surface area contributed by atoms with Gasteiger partial charge in [-0.25, -0.2) is 4.79 Å². The van der Waals surface area contributed by atoms with Crippen molar-refractivity contribution >= 4 is 44.4 Å². The van der Waals surface area contributed by atoms with Crippen LogP contribution in [0.15, 0.2) is 53.0 Å². The van der Waals surface area contributed by atoms with E-state index < -0.39 is 11.9 Å². The van der Waals surface area contributed by atoms with Crippen LogP contribution < -0.4 is 10.1 Å². The molecule has 0 saturated carbocycles. The molecule has 0 aliphatic carbocycles. The smallest absolute Gasteiger partial charge is 0.340 e. The number of halogens is 1. The standard InChI is InChI=1S/C20H17BrN2O4/c1-12-17(9-13-8-16(26-2)6-7-18(13)22-12)20(25)27-11-19(24)23-15-5-3-4-14(21)10-15/h3-10H,11H2,1-2H3,(H,23,24). The van der Waals surface area contributed by atoms with Crippen molar-refractivity contribution in [2.75, 3.05) is 19.0 Å². The molecule has 6 nitrogen and oxygen atoms in total. The number of aromatic nitrogens is 1. The van der Waals surface area contributed by atoms with Gasteiger partial charge >= 0.3 is 5.97 Å². The number of hydrogen-bond donors (Lipinski definition) is 1. The number of nitrogens with zero attached hydrogens (tertiary/aromatic N) is 1. The van der Waals surface area contributed by atoms with Crippen LogP contribution in [0.2, 0.25) is 0 Å². The third kappa shape index (κ3) is 4.62. The maximum Gasteiger partial charge on any atom is 0.340 e. The topological polar surface area (TPSA) is 77.5 Å². The van der Waals surface area contributed by atoms with Crippen LogP contribution in [0, 0.1) is 6.92 Å². The van der Waals surface area contributed by atoms with Crippen LogP contribution in [0.1, 0.15) is 16.1 Å². The van der Waals surface area contributed by atoms with Crippen LogP contribution in [0.3, 0.4) is 0 Å². The summed E-state index contributed by atoms with van der Waals surface area (Å²) in [5.41, 5.74) is 2.20. The molecular formula is C20H17BrN2O4. The highest BCUT2D eigenvalue weighted by Gasteiger charge is 2.15. The zero-order valence-corrected chi connectivity index (χ0v) is 16.4. The van der Waals surface area contributed by atoms with Gasteiger partial charge in [-0.1, -0.05) is 22.0 Å². The fourth-order valence-electron chi connectivity index (χ4n) is 2.56. The number of nitrogens with one attached hydrogen (secondary N) is 1. The van der Waals surface area contributed by atoms with Crippen molar-refractivity contribution in [3.63, 3.8) is 0 Å². The summed E-state index contributed by atoms with van der Waals surface area (Å²) in [6.45, 7) is 1.34. The summed E-state index contributed by atoms with van der Waals surface area (Å²) < 4.78 is 11.2. The highest BCUT2D eigenvalue weighted by Crippen LogP contribution is 2.22. The summed E-state index contributed by atoms with van der Waals surface area (Å²) in [4.78, 5) is 28.8. The number of fused-ring (bicyclic) bond motifs is 1. The molecule has 0 aliphatic rings. The molecule has 0 spiro atoms. The number of carbonyl (C=O) groups excluding carboxylic acids is 2. The molecule has 0 fully saturated rings. The number of hydrogen-bond acceptors (Lipinski definition) is 5. The first kappa shape index (κ1) is 18.8. The van der Waals surface area contributed by atoms with Crippen molar-refractivity contribution in [3.8, 4) is 5.75 Å². The normalized spacial score (nSPS) is 10.5. The molecule has 138 valence electrons. The Morgan fingerprint density at radius 1 is 1.15 bits per heavy atom. The Hall–Kier alpha value is -2.93. The minimum atomic E-state index is -0.603. The van der Waals surface area contributed by atoms with Gasteiger partial charge in [0.1, 0.15) is 5.75 Å². The van der Waals surface area contributed by atoms with E-state index in [1.807, 2.05) is 12.1 Å². The molecule has 1 amide bonds. The number of esters is 1. The summed E-state index contributed by atoms with van der Waals surface area (Å²) in [7, 11) is 1.57. The van der Waals surface area contributed by atoms with Gasteiger partial charge in [-0.2, -0.15) is 0 Å². The van der Waals surface area contributed by atoms with Crippen LogP contribution in [-0.4, -0.2) is 30.6 Å². The maximum atomic E-state index is 12.4. The SMILES string of the molecule is COc1ccc2nc(C)c(C(=O)OCC(=O)Nc3cccc(Br)c3)cc2c1. The number of benzene rings is 2. The third-order valence-electron chi connectivity index (χ3n) is 3.88. The first-order valence-corrected chi connectivity index (χ1v) is 8.93. The zero-order chi connectivity index (χ0) is 19.4. The lowest BCUT2D eigenvalue weighted by atomic mass is 10.1. The Morgan fingerprint density at radius 2 is 1.96 bits per heavy atom. The van der Waals surface area contributed by atoms with E-state index in [2.05, 4.69) is 26.2 Å². The third-order valence-corrected chi connectivity index (χ3v) is 4.37. The summed E-state index contributed by atoms with van der Waals surface area (Å²) in [6, 6.07) is 14.2. The minimum absolute atomic E-state index is 0.311. The largest absolute Gasteiger partial charge is 0.497 e. The van der Waals surface area contributed by atoms with Gasteiger partial charge in [0.05, 0.1) is 23.9 Å². The quantitative estimate of drug-likeness (QED) is 0.618. The van der Waals surface area contributed by atoms with E-state index in [1.165, 1.54) is 0 Å². The lowest BCUT2D eigenvalue weighted by Gasteiger charge is -2.10. The second-order valence-electron chi connectivity index (χ2n) is 5.81. The molecule has 1 N–H and O–H groups in total. The Bertz CT molecular complexity index is 1020. The molecule has 7 heteroatoms. The highest BCUT2D eigenvalue weighted by atomic mass is 79.9. The monoisotopic (exact) mass is 428 g/mol. The van der Waals surface area contributed by atoms with Gasteiger partial charge in [0, 0.05) is 15.5 Å². The molecule has 0 unspecified atom stereocenters. The molecule has 27 heavy (non-hydrogen) atoms. The second kappa shape index (κ2) is 8.18. The van der Waals surface area contributed by atoms with E-state index in [4.69, 9.17) is 9.47 Å². The van der Waals surface area contributed by atoms with Crippen LogP contribution in [0.4, 0.5) is 5.69 Å². The fourth-order valence-corrected chi connectivity index (χ4v) is 2.96. The number of amides is 1. The Kier molecular flexibility index (Phi) is 5.71. The fraction of sp³-hybridized carbons (Fsp3) is 0.150. The lowest BCUT2D eigenvalue weighted by molar-refractivity contribution is -0.119. The Morgan fingerprint density at radius 3 is 2.70 bits per heavy atom. The average Bonchev–Trinajstić information content (AvgIpc) is 2.65. The molecule has 1 aromatic heterocycles. The number of aryl methyl sites for hydroxylation is 1. The van der Waals surface area contributed by atoms with Crippen molar-refractivity contribution in [3.05, 3.63) is 64.3 Å². The number of pyridine rings is 1. The van der Waals surface area contributed by atoms with E-state index in [0.29, 0.717) is 22.7 Å². The Labute approximate surface area is 164 Å². The van der Waals surface area contributed by atoms with E-state index in [0.717, 1.165) is 15.4 Å². The average molecular weight is 429 g/mol. The van der Waals surface area contributed by atoms with Crippen LogP contribution in [0.5, 0.6) is 5.75 Å². The molecule has 0 radical (unpaired) electrons. The predicted octanol–water partition coefficient (Wildman–Crippen LogP) is 4.11. The highest BCUT2D eigenvalue weighted by molar-refractivity contribution is 9.10. The van der Waals surface area contributed by atoms with Crippen molar-refractivity contribution in [2.45, 2.75) is 6.92 Å². The van der Waals surface area contributed by atoms with Gasteiger partial charge in [-0.3, -0.25) is 9.78 Å². The molecule has 3 aromatic rings. The number of carbonyl (C=O) groups is 2. The van der Waals surface area contributed by atoms with Gasteiger partial charge < -0.3 is 14.8 Å². The summed E-state index contributed by atoms with van der Waals surface area (Å²) in [5.74, 6) is -0.357. The predicted molar refractivity (Wildman–Crippen MR) is 106 cm³/mol. The molecule has 0 atom stereocenters.